The average molecular weight is 168 g/mol. The molecule has 2 heteroatoms. The summed E-state index contributed by atoms with van der Waals surface area (Å²) in [6.45, 7) is 3.83. The van der Waals surface area contributed by atoms with Gasteiger partial charge in [-0.3, -0.25) is 4.79 Å². The topological polar surface area (TPSA) is 26.3 Å². The van der Waals surface area contributed by atoms with Gasteiger partial charge in [0.1, 0.15) is 5.92 Å². The van der Waals surface area contributed by atoms with Crippen molar-refractivity contribution in [2.45, 2.75) is 33.1 Å². The van der Waals surface area contributed by atoms with Crippen LogP contribution in [0.25, 0.3) is 0 Å². The summed E-state index contributed by atoms with van der Waals surface area (Å²) < 4.78 is 4.62. The van der Waals surface area contributed by atoms with Crippen molar-refractivity contribution in [3.8, 4) is 11.8 Å². The molecule has 2 nitrogen and oxygen atoms in total. The number of unbranched alkanes of at least 4 members (excludes halogenated alkanes) is 1. The molecule has 0 aliphatic heterocycles. The van der Waals surface area contributed by atoms with Crippen LogP contribution in [-0.2, 0) is 9.53 Å². The lowest BCUT2D eigenvalue weighted by atomic mass is 10.0. The van der Waals surface area contributed by atoms with E-state index in [1.165, 1.54) is 7.11 Å². The van der Waals surface area contributed by atoms with Crippen molar-refractivity contribution in [3.05, 3.63) is 0 Å². The zero-order valence-electron chi connectivity index (χ0n) is 8.02. The monoisotopic (exact) mass is 168 g/mol. The van der Waals surface area contributed by atoms with Crippen LogP contribution in [0, 0.1) is 17.8 Å². The summed E-state index contributed by atoms with van der Waals surface area (Å²) in [6, 6.07) is 0. The van der Waals surface area contributed by atoms with Gasteiger partial charge in [-0.05, 0) is 13.3 Å². The lowest BCUT2D eigenvalue weighted by molar-refractivity contribution is -0.143. The molecule has 0 amide bonds. The van der Waals surface area contributed by atoms with E-state index in [0.29, 0.717) is 0 Å². The van der Waals surface area contributed by atoms with E-state index in [-0.39, 0.29) is 11.9 Å². The molecule has 0 rings (SSSR count). The van der Waals surface area contributed by atoms with Crippen molar-refractivity contribution < 1.29 is 9.53 Å². The number of methoxy groups -OCH3 is 1. The van der Waals surface area contributed by atoms with Crippen molar-refractivity contribution in [1.82, 2.24) is 0 Å². The normalized spacial score (nSPS) is 11.2. The van der Waals surface area contributed by atoms with Crippen LogP contribution in [0.4, 0.5) is 0 Å². The van der Waals surface area contributed by atoms with Crippen LogP contribution in [-0.4, -0.2) is 13.1 Å². The molecule has 0 aromatic carbocycles. The lowest BCUT2D eigenvalue weighted by Crippen LogP contribution is -2.14. The molecule has 0 heterocycles. The van der Waals surface area contributed by atoms with Crippen LogP contribution in [0.1, 0.15) is 33.1 Å². The second-order valence-corrected chi connectivity index (χ2v) is 2.61. The first-order chi connectivity index (χ1) is 5.76. The van der Waals surface area contributed by atoms with Crippen molar-refractivity contribution >= 4 is 5.97 Å². The molecule has 68 valence electrons. The van der Waals surface area contributed by atoms with E-state index < -0.39 is 0 Å². The van der Waals surface area contributed by atoms with E-state index in [1.807, 2.05) is 0 Å². The van der Waals surface area contributed by atoms with Gasteiger partial charge in [-0.25, -0.2) is 0 Å². The van der Waals surface area contributed by atoms with Gasteiger partial charge in [0.25, 0.3) is 0 Å². The summed E-state index contributed by atoms with van der Waals surface area (Å²) in [5.41, 5.74) is 0. The highest BCUT2D eigenvalue weighted by molar-refractivity contribution is 5.75. The second-order valence-electron chi connectivity index (χ2n) is 2.61. The fraction of sp³-hybridized carbons (Fsp3) is 0.700. The molecule has 0 N–H and O–H groups in total. The van der Waals surface area contributed by atoms with Crippen LogP contribution in [0.2, 0.25) is 0 Å². The van der Waals surface area contributed by atoms with Crippen molar-refractivity contribution in [2.75, 3.05) is 7.11 Å². The van der Waals surface area contributed by atoms with Crippen LogP contribution in [0.15, 0.2) is 0 Å². The molecule has 1 atom stereocenters. The fourth-order valence-electron chi connectivity index (χ4n) is 0.974. The minimum atomic E-state index is -0.222. The van der Waals surface area contributed by atoms with E-state index >= 15 is 0 Å². The summed E-state index contributed by atoms with van der Waals surface area (Å²) in [5.74, 6) is 5.15. The van der Waals surface area contributed by atoms with Gasteiger partial charge in [-0.2, -0.15) is 0 Å². The minimum absolute atomic E-state index is 0.210. The Bertz CT molecular complexity index is 186. The summed E-state index contributed by atoms with van der Waals surface area (Å²) in [6.07, 6.45) is 2.91. The second kappa shape index (κ2) is 6.72. The van der Waals surface area contributed by atoms with Crippen LogP contribution >= 0.6 is 0 Å². The van der Waals surface area contributed by atoms with Gasteiger partial charge in [-0.15, -0.1) is 5.92 Å². The average Bonchev–Trinajstić information content (AvgIpc) is 2.11. The molecule has 0 aromatic rings. The number of carbonyl (C=O) groups is 1. The smallest absolute Gasteiger partial charge is 0.320 e. The van der Waals surface area contributed by atoms with E-state index in [1.54, 1.807) is 6.92 Å². The first-order valence-electron chi connectivity index (χ1n) is 4.26. The van der Waals surface area contributed by atoms with Crippen molar-refractivity contribution in [3.63, 3.8) is 0 Å². The number of ether oxygens (including phenoxy) is 1. The summed E-state index contributed by atoms with van der Waals surface area (Å²) in [7, 11) is 1.40. The van der Waals surface area contributed by atoms with E-state index in [4.69, 9.17) is 0 Å². The Balaban J connectivity index is 4.00. The van der Waals surface area contributed by atoms with E-state index in [9.17, 15) is 4.79 Å². The van der Waals surface area contributed by atoms with Gasteiger partial charge in [0.2, 0.25) is 0 Å². The Morgan fingerprint density at radius 3 is 2.67 bits per heavy atom. The third-order valence-corrected chi connectivity index (χ3v) is 1.65. The Kier molecular flexibility index (Phi) is 6.18. The molecule has 0 saturated carbocycles. The molecule has 0 aliphatic carbocycles. The molecule has 0 bridgehead atoms. The summed E-state index contributed by atoms with van der Waals surface area (Å²) >= 11 is 0. The molecule has 0 radical (unpaired) electrons. The number of hydrogen-bond acceptors (Lipinski definition) is 2. The Hall–Kier alpha value is -0.970. The Morgan fingerprint density at radius 1 is 1.58 bits per heavy atom. The quantitative estimate of drug-likeness (QED) is 0.474. The maximum absolute atomic E-state index is 11.1. The van der Waals surface area contributed by atoms with Crippen LogP contribution in [0.3, 0.4) is 0 Å². The largest absolute Gasteiger partial charge is 0.468 e. The maximum Gasteiger partial charge on any atom is 0.320 e. The number of esters is 1. The SMILES string of the molecule is CC#CC(CCCC)C(=O)OC. The van der Waals surface area contributed by atoms with Gasteiger partial charge < -0.3 is 4.74 Å². The molecule has 0 aromatic heterocycles. The van der Waals surface area contributed by atoms with Gasteiger partial charge >= 0.3 is 5.97 Å². The highest BCUT2D eigenvalue weighted by Crippen LogP contribution is 2.08. The molecule has 0 spiro atoms. The highest BCUT2D eigenvalue weighted by atomic mass is 16.5. The number of rotatable bonds is 4. The Morgan fingerprint density at radius 2 is 2.25 bits per heavy atom. The Labute approximate surface area is 74.3 Å². The lowest BCUT2D eigenvalue weighted by Gasteiger charge is -2.06. The predicted molar refractivity (Wildman–Crippen MR) is 48.5 cm³/mol. The molecule has 0 saturated heterocycles. The molecule has 0 aliphatic rings. The molecular formula is C10H16O2. The molecule has 1 unspecified atom stereocenters. The van der Waals surface area contributed by atoms with Crippen molar-refractivity contribution in [1.29, 1.82) is 0 Å². The molecule has 12 heavy (non-hydrogen) atoms. The zero-order valence-corrected chi connectivity index (χ0v) is 8.02. The number of hydrogen-bond donors (Lipinski definition) is 0. The van der Waals surface area contributed by atoms with E-state index in [2.05, 4.69) is 23.5 Å². The first kappa shape index (κ1) is 11.0. The zero-order chi connectivity index (χ0) is 9.40. The molecule has 0 fully saturated rings. The maximum atomic E-state index is 11.1. The summed E-state index contributed by atoms with van der Waals surface area (Å²) in [4.78, 5) is 11.1. The predicted octanol–water partition coefficient (Wildman–Crippen LogP) is 1.99. The fourth-order valence-corrected chi connectivity index (χ4v) is 0.974. The first-order valence-corrected chi connectivity index (χ1v) is 4.26. The van der Waals surface area contributed by atoms with Crippen LogP contribution in [0.5, 0.6) is 0 Å². The third kappa shape index (κ3) is 4.02. The highest BCUT2D eigenvalue weighted by Gasteiger charge is 2.14. The van der Waals surface area contributed by atoms with E-state index in [0.717, 1.165) is 19.3 Å². The van der Waals surface area contributed by atoms with Crippen LogP contribution < -0.4 is 0 Å². The van der Waals surface area contributed by atoms with Crippen molar-refractivity contribution in [2.24, 2.45) is 5.92 Å². The van der Waals surface area contributed by atoms with Gasteiger partial charge in [0, 0.05) is 0 Å². The van der Waals surface area contributed by atoms with Gasteiger partial charge in [0.05, 0.1) is 7.11 Å². The number of carbonyl (C=O) groups excluding carboxylic acids is 1. The minimum Gasteiger partial charge on any atom is -0.468 e. The van der Waals surface area contributed by atoms with Gasteiger partial charge in [0.15, 0.2) is 0 Å². The van der Waals surface area contributed by atoms with Gasteiger partial charge in [-0.1, -0.05) is 25.7 Å². The third-order valence-electron chi connectivity index (χ3n) is 1.65. The standard InChI is InChI=1S/C10H16O2/c1-4-6-8-9(7-5-2)10(11)12-3/h9H,4,6,8H2,1-3H3. The summed E-state index contributed by atoms with van der Waals surface area (Å²) in [5, 5.41) is 0. The molecular weight excluding hydrogens is 152 g/mol.